The van der Waals surface area contributed by atoms with Crippen molar-refractivity contribution in [1.82, 2.24) is 0 Å². The number of aliphatic carboxylic acids is 1. The second kappa shape index (κ2) is 32.6. The third-order valence-corrected chi connectivity index (χ3v) is 0. The molecule has 9 heavy (non-hydrogen) atoms. The fourth-order valence-corrected chi connectivity index (χ4v) is 0. The number of rotatable bonds is 0. The Kier molecular flexibility index (Phi) is 111. The van der Waals surface area contributed by atoms with E-state index in [1.807, 2.05) is 0 Å². The predicted molar refractivity (Wildman–Crippen MR) is 23.7 cm³/mol. The zero-order chi connectivity index (χ0) is 5.58. The van der Waals surface area contributed by atoms with Crippen LogP contribution in [0.2, 0.25) is 0 Å². The topological polar surface area (TPSA) is 57.5 Å². The van der Waals surface area contributed by atoms with Gasteiger partial charge in [0.1, 0.15) is 0 Å². The van der Waals surface area contributed by atoms with Gasteiger partial charge in [-0.25, -0.2) is 0 Å². The fraction of sp³-hybridized carbons (Fsp3) is 0.667. The van der Waals surface area contributed by atoms with E-state index < -0.39 is 5.97 Å². The molecule has 3 nitrogen and oxygen atoms in total. The van der Waals surface area contributed by atoms with Crippen molar-refractivity contribution in [3.8, 4) is 0 Å². The van der Waals surface area contributed by atoms with Gasteiger partial charge in [-0.15, -0.1) is 0 Å². The number of hydrogen-bond acceptors (Lipinski definition) is 2. The molecule has 2 N–H and O–H groups in total. The molecule has 0 atom stereocenters. The zero-order valence-electron chi connectivity index (χ0n) is 8.12. The quantitative estimate of drug-likeness (QED) is 0.381. The van der Waals surface area contributed by atoms with E-state index in [1.165, 1.54) is 0 Å². The molecule has 0 saturated carbocycles. The van der Waals surface area contributed by atoms with Gasteiger partial charge in [-0.2, -0.15) is 0 Å². The minimum Gasteiger partial charge on any atom is -1.00 e. The maximum Gasteiger partial charge on any atom is 1.00 e. The number of carboxylic acid groups (broad SMARTS) is 1. The molecule has 0 aliphatic carbocycles. The van der Waals surface area contributed by atoms with Gasteiger partial charge in [0.2, 0.25) is 0 Å². The first-order valence-corrected chi connectivity index (χ1v) is 1.37. The van der Waals surface area contributed by atoms with Crippen LogP contribution < -0.4 is 59.1 Å². The largest absolute Gasteiger partial charge is 1.00 e. The van der Waals surface area contributed by atoms with Crippen molar-refractivity contribution in [2.45, 2.75) is 6.92 Å². The average molecular weight is 199 g/mol. The van der Waals surface area contributed by atoms with E-state index in [4.69, 9.17) is 15.0 Å². The molecule has 0 fully saturated rings. The van der Waals surface area contributed by atoms with Crippen LogP contribution >= 0.6 is 0 Å². The molecule has 0 aromatic carbocycles. The van der Waals surface area contributed by atoms with E-state index in [-0.39, 0.29) is 78.5 Å². The van der Waals surface area contributed by atoms with Crippen LogP contribution in [-0.2, 0) is 21.3 Å². The predicted octanol–water partition coefficient (Wildman–Crippen LogP) is -6.07. The molecular weight excluding hydrogens is 189 g/mol. The van der Waals surface area contributed by atoms with Gasteiger partial charge >= 0.3 is 59.1 Å². The summed E-state index contributed by atoms with van der Waals surface area (Å²) in [6.45, 7) is 1.08. The van der Waals surface area contributed by atoms with Crippen molar-refractivity contribution in [3.63, 3.8) is 0 Å². The minimum atomic E-state index is -0.833. The summed E-state index contributed by atoms with van der Waals surface area (Å²) < 4.78 is 0. The van der Waals surface area contributed by atoms with E-state index in [0.29, 0.717) is 0 Å². The maximum atomic E-state index is 9.00. The van der Waals surface area contributed by atoms with Crippen molar-refractivity contribution in [2.75, 3.05) is 7.11 Å². The molecule has 0 aromatic heterocycles. The van der Waals surface area contributed by atoms with Crippen LogP contribution in [0.5, 0.6) is 0 Å². The van der Waals surface area contributed by atoms with E-state index in [9.17, 15) is 0 Å². The molecule has 0 spiro atoms. The second-order valence-corrected chi connectivity index (χ2v) is 0.519. The Morgan fingerprint density at radius 2 is 1.33 bits per heavy atom. The molecule has 0 saturated heterocycles. The molecule has 0 rings (SSSR count). The number of carboxylic acids is 1. The van der Waals surface area contributed by atoms with Crippen molar-refractivity contribution in [2.24, 2.45) is 0 Å². The van der Waals surface area contributed by atoms with Gasteiger partial charge in [0.05, 0.1) is 0 Å². The van der Waals surface area contributed by atoms with E-state index in [2.05, 4.69) is 0 Å². The number of carbonyl (C=O) groups is 1. The summed E-state index contributed by atoms with van der Waals surface area (Å²) >= 11 is 0. The minimum absolute atomic E-state index is 0. The summed E-state index contributed by atoms with van der Waals surface area (Å²) in [6, 6.07) is 0. The van der Waals surface area contributed by atoms with Crippen LogP contribution in [0.25, 0.3) is 0 Å². The van der Waals surface area contributed by atoms with Gasteiger partial charge in [0.15, 0.2) is 0 Å². The Morgan fingerprint density at radius 3 is 1.33 bits per heavy atom. The van der Waals surface area contributed by atoms with Gasteiger partial charge in [-0.05, 0) is 0 Å². The fourth-order valence-electron chi connectivity index (χ4n) is 0. The normalized spacial score (nSPS) is 3.44. The van der Waals surface area contributed by atoms with Crippen LogP contribution in [0.15, 0.2) is 0 Å². The summed E-state index contributed by atoms with van der Waals surface area (Å²) in [7, 11) is 1.00. The second-order valence-electron chi connectivity index (χ2n) is 0.519. The Balaban J connectivity index is -0.00000000432. The molecule has 0 radical (unpaired) electrons. The molecule has 0 heterocycles. The Hall–Kier alpha value is 1.92. The van der Waals surface area contributed by atoms with E-state index >= 15 is 0 Å². The van der Waals surface area contributed by atoms with Crippen molar-refractivity contribution in [3.05, 3.63) is 0 Å². The molecule has 0 bridgehead atoms. The monoisotopic (exact) mass is 198 g/mol. The summed E-state index contributed by atoms with van der Waals surface area (Å²) in [5.41, 5.74) is 0. The summed E-state index contributed by atoms with van der Waals surface area (Å²) in [6.07, 6.45) is 0. The SMILES string of the molecule is CC(=O)O.CO.[H-].[H-].[Na+].[Na+].[Ni]. The molecule has 52 valence electrons. The molecule has 0 aromatic rings. The standard InChI is InChI=1S/C2H4O2.CH4O.2Na.Ni.2H/c1-2(3)4;1-2;;;;;/h1H3,(H,3,4);2H,1H3;;;;;/q;;2*+1;;2*-1. The Labute approximate surface area is 112 Å². The third kappa shape index (κ3) is 168. The summed E-state index contributed by atoms with van der Waals surface area (Å²) in [4.78, 5) is 9.00. The molecular formula is C3H10Na2NiO3. The first-order valence-electron chi connectivity index (χ1n) is 1.37. The first kappa shape index (κ1) is 30.7. The van der Waals surface area contributed by atoms with Gasteiger partial charge < -0.3 is 13.1 Å². The first-order chi connectivity index (χ1) is 2.73. The van der Waals surface area contributed by atoms with Gasteiger partial charge in [-0.3, -0.25) is 4.79 Å². The summed E-state index contributed by atoms with van der Waals surface area (Å²) in [5, 5.41) is 14.4. The third-order valence-electron chi connectivity index (χ3n) is 0. The maximum absolute atomic E-state index is 9.00. The van der Waals surface area contributed by atoms with Crippen LogP contribution in [-0.4, -0.2) is 23.3 Å². The van der Waals surface area contributed by atoms with E-state index in [0.717, 1.165) is 14.0 Å². The number of hydrogen-bond donors (Lipinski definition) is 2. The molecule has 0 aliphatic rings. The number of aliphatic hydroxyl groups excluding tert-OH is 1. The van der Waals surface area contributed by atoms with Crippen molar-refractivity contribution >= 4 is 5.97 Å². The van der Waals surface area contributed by atoms with Gasteiger partial charge in [0.25, 0.3) is 5.97 Å². The van der Waals surface area contributed by atoms with Crippen LogP contribution in [0.3, 0.4) is 0 Å². The van der Waals surface area contributed by atoms with Crippen molar-refractivity contribution in [1.29, 1.82) is 0 Å². The Morgan fingerprint density at radius 1 is 1.33 bits per heavy atom. The summed E-state index contributed by atoms with van der Waals surface area (Å²) in [5.74, 6) is -0.833. The van der Waals surface area contributed by atoms with Crippen LogP contribution in [0.1, 0.15) is 9.78 Å². The molecule has 0 unspecified atom stereocenters. The molecule has 0 aliphatic heterocycles. The number of aliphatic hydroxyl groups is 1. The van der Waals surface area contributed by atoms with Gasteiger partial charge in [0, 0.05) is 30.5 Å². The zero-order valence-corrected chi connectivity index (χ0v) is 11.1. The molecule has 6 heteroatoms. The smallest absolute Gasteiger partial charge is 1.00 e. The molecule has 0 amide bonds. The van der Waals surface area contributed by atoms with E-state index in [1.54, 1.807) is 0 Å². The Bertz CT molecular complexity index is 47.6. The van der Waals surface area contributed by atoms with Crippen LogP contribution in [0.4, 0.5) is 0 Å². The van der Waals surface area contributed by atoms with Crippen LogP contribution in [0, 0.1) is 0 Å². The van der Waals surface area contributed by atoms with Crippen molar-refractivity contribution < 1.29 is 93.5 Å². The van der Waals surface area contributed by atoms with Gasteiger partial charge in [-0.1, -0.05) is 0 Å². The average Bonchev–Trinajstić information content (AvgIpc) is 1.41.